The predicted octanol–water partition coefficient (Wildman–Crippen LogP) is 3.01. The number of hydrogen-bond acceptors (Lipinski definition) is 3. The van der Waals surface area contributed by atoms with Gasteiger partial charge in [-0.05, 0) is 32.0 Å². The highest BCUT2D eigenvalue weighted by Crippen LogP contribution is 2.43. The quantitative estimate of drug-likeness (QED) is 0.923. The molecule has 1 unspecified atom stereocenters. The van der Waals surface area contributed by atoms with Gasteiger partial charge in [-0.25, -0.2) is 0 Å². The molecule has 0 saturated heterocycles. The summed E-state index contributed by atoms with van der Waals surface area (Å²) in [5.41, 5.74) is 7.17. The zero-order valence-corrected chi connectivity index (χ0v) is 12.5. The lowest BCUT2D eigenvalue weighted by molar-refractivity contribution is 0.0953. The van der Waals surface area contributed by atoms with Crippen LogP contribution in [0.4, 0.5) is 0 Å². The summed E-state index contributed by atoms with van der Waals surface area (Å²) >= 11 is 6.31. The lowest BCUT2D eigenvalue weighted by atomic mass is 9.83. The monoisotopic (exact) mass is 282 g/mol. The molecular weight excluding hydrogens is 260 g/mol. The summed E-state index contributed by atoms with van der Waals surface area (Å²) in [5, 5.41) is 0.685. The minimum atomic E-state index is -0.153. The number of benzene rings is 1. The fraction of sp³-hybridized carbons (Fsp3) is 0.600. The number of nitrogens with zero attached hydrogens (tertiary/aromatic N) is 1. The zero-order chi connectivity index (χ0) is 13.9. The fourth-order valence-corrected chi connectivity index (χ4v) is 3.42. The van der Waals surface area contributed by atoms with E-state index in [2.05, 4.69) is 24.8 Å². The molecular formula is C15H23ClN2O. The molecule has 1 aliphatic rings. The van der Waals surface area contributed by atoms with Crippen LogP contribution in [0.1, 0.15) is 32.3 Å². The van der Waals surface area contributed by atoms with E-state index in [1.807, 2.05) is 12.1 Å². The second-order valence-corrected chi connectivity index (χ2v) is 5.38. The van der Waals surface area contributed by atoms with Crippen molar-refractivity contribution < 1.29 is 4.74 Å². The highest BCUT2D eigenvalue weighted by Gasteiger charge is 2.39. The number of para-hydroxylation sites is 1. The molecule has 2 N–H and O–H groups in total. The van der Waals surface area contributed by atoms with Gasteiger partial charge in [-0.3, -0.25) is 4.90 Å². The SMILES string of the molecule is CCN(CC)C1(CN)CCCOc2c(Cl)cccc21. The summed E-state index contributed by atoms with van der Waals surface area (Å²) in [6, 6.07) is 5.98. The maximum absolute atomic E-state index is 6.31. The number of nitrogens with two attached hydrogens (primary N) is 1. The van der Waals surface area contributed by atoms with E-state index in [1.165, 1.54) is 0 Å². The van der Waals surface area contributed by atoms with E-state index in [4.69, 9.17) is 22.1 Å². The fourth-order valence-electron chi connectivity index (χ4n) is 3.19. The molecule has 0 aromatic heterocycles. The molecule has 4 heteroatoms. The molecule has 106 valence electrons. The topological polar surface area (TPSA) is 38.5 Å². The standard InChI is InChI=1S/C15H23ClN2O/c1-3-18(4-2)15(11-17)9-6-10-19-14-12(15)7-5-8-13(14)16/h5,7-8H,3-4,6,9-11,17H2,1-2H3. The highest BCUT2D eigenvalue weighted by molar-refractivity contribution is 6.32. The van der Waals surface area contributed by atoms with Gasteiger partial charge in [-0.1, -0.05) is 37.6 Å². The van der Waals surface area contributed by atoms with Crippen molar-refractivity contribution >= 4 is 11.6 Å². The van der Waals surface area contributed by atoms with E-state index < -0.39 is 0 Å². The normalized spacial score (nSPS) is 22.8. The van der Waals surface area contributed by atoms with Crippen LogP contribution in [0.25, 0.3) is 0 Å². The van der Waals surface area contributed by atoms with Crippen LogP contribution in [-0.2, 0) is 5.54 Å². The number of likely N-dealkylation sites (N-methyl/N-ethyl adjacent to an activating group) is 1. The molecule has 0 radical (unpaired) electrons. The van der Waals surface area contributed by atoms with E-state index in [0.29, 0.717) is 18.2 Å². The summed E-state index contributed by atoms with van der Waals surface area (Å²) in [6.07, 6.45) is 2.01. The molecule has 0 bridgehead atoms. The van der Waals surface area contributed by atoms with E-state index in [0.717, 1.165) is 37.2 Å². The highest BCUT2D eigenvalue weighted by atomic mass is 35.5. The molecule has 2 rings (SSSR count). The van der Waals surface area contributed by atoms with Crippen molar-refractivity contribution in [2.75, 3.05) is 26.2 Å². The Morgan fingerprint density at radius 2 is 2.11 bits per heavy atom. The zero-order valence-electron chi connectivity index (χ0n) is 11.8. The number of fused-ring (bicyclic) bond motifs is 1. The van der Waals surface area contributed by atoms with Crippen LogP contribution in [-0.4, -0.2) is 31.1 Å². The molecule has 3 nitrogen and oxygen atoms in total. The molecule has 0 aliphatic carbocycles. The number of rotatable bonds is 4. The van der Waals surface area contributed by atoms with E-state index in [9.17, 15) is 0 Å². The third-order valence-corrected chi connectivity index (χ3v) is 4.45. The van der Waals surface area contributed by atoms with Crippen LogP contribution in [0, 0.1) is 0 Å². The molecule has 0 saturated carbocycles. The first-order valence-corrected chi connectivity index (χ1v) is 7.44. The van der Waals surface area contributed by atoms with Crippen molar-refractivity contribution in [2.24, 2.45) is 5.73 Å². The third kappa shape index (κ3) is 2.47. The Balaban J connectivity index is 2.58. The Bertz CT molecular complexity index is 434. The Morgan fingerprint density at radius 1 is 1.37 bits per heavy atom. The Morgan fingerprint density at radius 3 is 2.74 bits per heavy atom. The Hall–Kier alpha value is -0.770. The first-order valence-electron chi connectivity index (χ1n) is 7.06. The van der Waals surface area contributed by atoms with Crippen LogP contribution in [0.2, 0.25) is 5.02 Å². The molecule has 1 aliphatic heterocycles. The third-order valence-electron chi connectivity index (χ3n) is 4.16. The summed E-state index contributed by atoms with van der Waals surface area (Å²) < 4.78 is 5.86. The maximum Gasteiger partial charge on any atom is 0.142 e. The van der Waals surface area contributed by atoms with Gasteiger partial charge in [0, 0.05) is 12.1 Å². The van der Waals surface area contributed by atoms with Gasteiger partial charge < -0.3 is 10.5 Å². The van der Waals surface area contributed by atoms with Crippen LogP contribution in [0.5, 0.6) is 5.75 Å². The van der Waals surface area contributed by atoms with Crippen molar-refractivity contribution in [2.45, 2.75) is 32.2 Å². The number of ether oxygens (including phenoxy) is 1. The van der Waals surface area contributed by atoms with Crippen molar-refractivity contribution in [1.29, 1.82) is 0 Å². The summed E-state index contributed by atoms with van der Waals surface area (Å²) in [7, 11) is 0. The predicted molar refractivity (Wildman–Crippen MR) is 79.8 cm³/mol. The van der Waals surface area contributed by atoms with Crippen LogP contribution >= 0.6 is 11.6 Å². The Kier molecular flexibility index (Phi) is 4.71. The number of hydrogen-bond donors (Lipinski definition) is 1. The van der Waals surface area contributed by atoms with Gasteiger partial charge in [0.05, 0.1) is 17.2 Å². The molecule has 1 aromatic rings. The average molecular weight is 283 g/mol. The summed E-state index contributed by atoms with van der Waals surface area (Å²) in [6.45, 7) is 7.60. The lowest BCUT2D eigenvalue weighted by Crippen LogP contribution is -2.51. The second kappa shape index (κ2) is 6.12. The molecule has 0 amide bonds. The molecule has 1 atom stereocenters. The molecule has 0 fully saturated rings. The van der Waals surface area contributed by atoms with Crippen molar-refractivity contribution in [1.82, 2.24) is 4.90 Å². The van der Waals surface area contributed by atoms with Gasteiger partial charge in [0.15, 0.2) is 0 Å². The van der Waals surface area contributed by atoms with E-state index in [-0.39, 0.29) is 5.54 Å². The van der Waals surface area contributed by atoms with E-state index in [1.54, 1.807) is 0 Å². The lowest BCUT2D eigenvalue weighted by Gasteiger charge is -2.42. The van der Waals surface area contributed by atoms with Crippen LogP contribution < -0.4 is 10.5 Å². The molecule has 1 aromatic carbocycles. The first kappa shape index (κ1) is 14.6. The molecule has 19 heavy (non-hydrogen) atoms. The smallest absolute Gasteiger partial charge is 0.142 e. The largest absolute Gasteiger partial charge is 0.492 e. The maximum atomic E-state index is 6.31. The summed E-state index contributed by atoms with van der Waals surface area (Å²) in [4.78, 5) is 2.43. The van der Waals surface area contributed by atoms with Crippen molar-refractivity contribution in [3.63, 3.8) is 0 Å². The van der Waals surface area contributed by atoms with Crippen molar-refractivity contribution in [3.8, 4) is 5.75 Å². The van der Waals surface area contributed by atoms with E-state index >= 15 is 0 Å². The van der Waals surface area contributed by atoms with Gasteiger partial charge in [0.2, 0.25) is 0 Å². The minimum Gasteiger partial charge on any atom is -0.492 e. The van der Waals surface area contributed by atoms with Gasteiger partial charge >= 0.3 is 0 Å². The van der Waals surface area contributed by atoms with Crippen LogP contribution in [0.3, 0.4) is 0 Å². The number of halogens is 1. The Labute approximate surface area is 120 Å². The van der Waals surface area contributed by atoms with Gasteiger partial charge in [0.25, 0.3) is 0 Å². The van der Waals surface area contributed by atoms with Crippen molar-refractivity contribution in [3.05, 3.63) is 28.8 Å². The summed E-state index contributed by atoms with van der Waals surface area (Å²) in [5.74, 6) is 0.819. The minimum absolute atomic E-state index is 0.153. The van der Waals surface area contributed by atoms with Gasteiger partial charge in [0.1, 0.15) is 5.75 Å². The van der Waals surface area contributed by atoms with Gasteiger partial charge in [-0.15, -0.1) is 0 Å². The average Bonchev–Trinajstić information content (AvgIpc) is 2.62. The second-order valence-electron chi connectivity index (χ2n) is 4.98. The molecule has 0 spiro atoms. The molecule has 1 heterocycles. The first-order chi connectivity index (χ1) is 9.19. The van der Waals surface area contributed by atoms with Gasteiger partial charge in [-0.2, -0.15) is 0 Å². The van der Waals surface area contributed by atoms with Crippen LogP contribution in [0.15, 0.2) is 18.2 Å².